The van der Waals surface area contributed by atoms with Crippen LogP contribution in [0.3, 0.4) is 0 Å². The Labute approximate surface area is 95.5 Å². The van der Waals surface area contributed by atoms with E-state index < -0.39 is 5.97 Å². The van der Waals surface area contributed by atoms with Crippen molar-refractivity contribution in [2.24, 2.45) is 5.92 Å². The van der Waals surface area contributed by atoms with E-state index in [0.717, 1.165) is 25.1 Å². The molecule has 1 aliphatic heterocycles. The van der Waals surface area contributed by atoms with Crippen molar-refractivity contribution in [3.63, 3.8) is 0 Å². The van der Waals surface area contributed by atoms with E-state index in [4.69, 9.17) is 5.11 Å². The summed E-state index contributed by atoms with van der Waals surface area (Å²) >= 11 is 0. The van der Waals surface area contributed by atoms with Crippen LogP contribution in [0.2, 0.25) is 0 Å². The molecule has 0 amide bonds. The average molecular weight is 219 g/mol. The van der Waals surface area contributed by atoms with Gasteiger partial charge in [-0.2, -0.15) is 0 Å². The molecule has 2 atom stereocenters. The zero-order valence-electron chi connectivity index (χ0n) is 9.44. The minimum Gasteiger partial charge on any atom is -0.478 e. The van der Waals surface area contributed by atoms with Crippen molar-refractivity contribution in [2.45, 2.75) is 19.3 Å². The third-order valence-corrected chi connectivity index (χ3v) is 3.35. The molecule has 1 aliphatic rings. The Morgan fingerprint density at radius 2 is 2.31 bits per heavy atom. The highest BCUT2D eigenvalue weighted by Crippen LogP contribution is 2.30. The number of aromatic carboxylic acids is 1. The van der Waals surface area contributed by atoms with Gasteiger partial charge in [0, 0.05) is 0 Å². The minimum absolute atomic E-state index is 0.392. The Bertz CT molecular complexity index is 389. The number of hydrogen-bond donors (Lipinski definition) is 2. The van der Waals surface area contributed by atoms with E-state index in [1.54, 1.807) is 6.07 Å². The second kappa shape index (κ2) is 4.66. The van der Waals surface area contributed by atoms with E-state index in [0.29, 0.717) is 17.4 Å². The summed E-state index contributed by atoms with van der Waals surface area (Å²) in [5, 5.41) is 12.3. The summed E-state index contributed by atoms with van der Waals surface area (Å²) in [5.74, 6) is 0.210. The molecular formula is C13H17NO2. The van der Waals surface area contributed by atoms with Gasteiger partial charge in [-0.1, -0.05) is 19.1 Å². The zero-order chi connectivity index (χ0) is 11.5. The third-order valence-electron chi connectivity index (χ3n) is 3.35. The maximum atomic E-state index is 10.9. The van der Waals surface area contributed by atoms with Crippen LogP contribution in [-0.2, 0) is 0 Å². The smallest absolute Gasteiger partial charge is 0.335 e. The lowest BCUT2D eigenvalue weighted by Gasteiger charge is -2.30. The molecule has 16 heavy (non-hydrogen) atoms. The number of benzene rings is 1. The topological polar surface area (TPSA) is 49.3 Å². The second-order valence-electron chi connectivity index (χ2n) is 4.51. The summed E-state index contributed by atoms with van der Waals surface area (Å²) in [7, 11) is 0. The monoisotopic (exact) mass is 219 g/mol. The number of nitrogens with one attached hydrogen (secondary N) is 1. The number of rotatable bonds is 2. The quantitative estimate of drug-likeness (QED) is 0.800. The summed E-state index contributed by atoms with van der Waals surface area (Å²) in [5.41, 5.74) is 1.55. The molecule has 1 fully saturated rings. The predicted molar refractivity (Wildman–Crippen MR) is 62.8 cm³/mol. The molecule has 0 aromatic heterocycles. The Balaban J connectivity index is 2.25. The summed E-state index contributed by atoms with van der Waals surface area (Å²) < 4.78 is 0. The fourth-order valence-corrected chi connectivity index (χ4v) is 2.41. The summed E-state index contributed by atoms with van der Waals surface area (Å²) in [4.78, 5) is 10.9. The van der Waals surface area contributed by atoms with Gasteiger partial charge in [-0.15, -0.1) is 0 Å². The molecule has 0 aliphatic carbocycles. The van der Waals surface area contributed by atoms with Crippen molar-refractivity contribution in [3.05, 3.63) is 35.4 Å². The van der Waals surface area contributed by atoms with Crippen LogP contribution in [0.5, 0.6) is 0 Å². The molecule has 1 heterocycles. The van der Waals surface area contributed by atoms with Crippen molar-refractivity contribution in [1.82, 2.24) is 5.32 Å². The van der Waals surface area contributed by atoms with Crippen LogP contribution in [0, 0.1) is 5.92 Å². The molecule has 0 radical (unpaired) electrons. The number of hydrogen-bond acceptors (Lipinski definition) is 2. The Morgan fingerprint density at radius 1 is 1.50 bits per heavy atom. The fraction of sp³-hybridized carbons (Fsp3) is 0.462. The van der Waals surface area contributed by atoms with Gasteiger partial charge in [0.15, 0.2) is 0 Å². The van der Waals surface area contributed by atoms with Gasteiger partial charge in [0.1, 0.15) is 0 Å². The molecule has 0 spiro atoms. The molecule has 86 valence electrons. The first-order chi connectivity index (χ1) is 7.68. The van der Waals surface area contributed by atoms with Crippen molar-refractivity contribution in [1.29, 1.82) is 0 Å². The van der Waals surface area contributed by atoms with Crippen LogP contribution >= 0.6 is 0 Å². The summed E-state index contributed by atoms with van der Waals surface area (Å²) in [6.07, 6.45) is 1.09. The van der Waals surface area contributed by atoms with Gasteiger partial charge in [-0.3, -0.25) is 0 Å². The number of piperidine rings is 1. The van der Waals surface area contributed by atoms with E-state index >= 15 is 0 Å². The van der Waals surface area contributed by atoms with E-state index in [9.17, 15) is 4.79 Å². The first kappa shape index (κ1) is 11.1. The van der Waals surface area contributed by atoms with Gasteiger partial charge in [0.25, 0.3) is 0 Å². The Hall–Kier alpha value is -1.35. The molecule has 1 saturated heterocycles. The molecule has 1 aromatic rings. The highest BCUT2D eigenvalue weighted by Gasteiger charge is 2.23. The van der Waals surface area contributed by atoms with Gasteiger partial charge >= 0.3 is 5.97 Å². The van der Waals surface area contributed by atoms with Gasteiger partial charge in [0.05, 0.1) is 5.56 Å². The lowest BCUT2D eigenvalue weighted by atomic mass is 9.82. The van der Waals surface area contributed by atoms with E-state index in [1.165, 1.54) is 0 Å². The number of carboxylic acids is 1. The molecular weight excluding hydrogens is 202 g/mol. The van der Waals surface area contributed by atoms with E-state index in [2.05, 4.69) is 12.2 Å². The molecule has 2 N–H and O–H groups in total. The van der Waals surface area contributed by atoms with Gasteiger partial charge in [0.2, 0.25) is 0 Å². The van der Waals surface area contributed by atoms with Crippen LogP contribution in [0.4, 0.5) is 0 Å². The molecule has 0 saturated carbocycles. The summed E-state index contributed by atoms with van der Waals surface area (Å²) in [6.45, 7) is 4.25. The number of carbonyl (C=O) groups is 1. The average Bonchev–Trinajstić information content (AvgIpc) is 2.30. The highest BCUT2D eigenvalue weighted by molar-refractivity contribution is 5.87. The number of carboxylic acid groups (broad SMARTS) is 1. The molecule has 3 nitrogen and oxygen atoms in total. The molecule has 3 heteroatoms. The van der Waals surface area contributed by atoms with Gasteiger partial charge in [-0.05, 0) is 49.0 Å². The SMILES string of the molecule is C[C@H]1CNCC[C@H]1c1cccc(C(=O)O)c1. The maximum Gasteiger partial charge on any atom is 0.335 e. The van der Waals surface area contributed by atoms with Crippen LogP contribution in [0.25, 0.3) is 0 Å². The van der Waals surface area contributed by atoms with Crippen LogP contribution in [0.1, 0.15) is 35.2 Å². The second-order valence-corrected chi connectivity index (χ2v) is 4.51. The Morgan fingerprint density at radius 3 is 3.00 bits per heavy atom. The molecule has 2 rings (SSSR count). The zero-order valence-corrected chi connectivity index (χ0v) is 9.44. The van der Waals surface area contributed by atoms with Gasteiger partial charge in [-0.25, -0.2) is 4.79 Å². The normalized spacial score (nSPS) is 25.3. The first-order valence-electron chi connectivity index (χ1n) is 5.72. The van der Waals surface area contributed by atoms with Crippen LogP contribution < -0.4 is 5.32 Å². The van der Waals surface area contributed by atoms with Crippen LogP contribution in [0.15, 0.2) is 24.3 Å². The van der Waals surface area contributed by atoms with Crippen molar-refractivity contribution in [3.8, 4) is 0 Å². The highest BCUT2D eigenvalue weighted by atomic mass is 16.4. The van der Waals surface area contributed by atoms with Crippen molar-refractivity contribution < 1.29 is 9.90 Å². The standard InChI is InChI=1S/C13H17NO2/c1-9-8-14-6-5-12(9)10-3-2-4-11(7-10)13(15)16/h2-4,7,9,12,14H,5-6,8H2,1H3,(H,15,16)/t9-,12+/m0/s1. The Kier molecular flexibility index (Phi) is 3.25. The maximum absolute atomic E-state index is 10.9. The first-order valence-corrected chi connectivity index (χ1v) is 5.72. The van der Waals surface area contributed by atoms with E-state index in [1.807, 2.05) is 18.2 Å². The van der Waals surface area contributed by atoms with E-state index in [-0.39, 0.29) is 0 Å². The molecule has 1 aromatic carbocycles. The fourth-order valence-electron chi connectivity index (χ4n) is 2.41. The lowest BCUT2D eigenvalue weighted by molar-refractivity contribution is 0.0696. The third kappa shape index (κ3) is 2.25. The van der Waals surface area contributed by atoms with Gasteiger partial charge < -0.3 is 10.4 Å². The van der Waals surface area contributed by atoms with Crippen molar-refractivity contribution >= 4 is 5.97 Å². The van der Waals surface area contributed by atoms with Crippen LogP contribution in [-0.4, -0.2) is 24.2 Å². The minimum atomic E-state index is -0.844. The predicted octanol–water partition coefficient (Wildman–Crippen LogP) is 2.10. The van der Waals surface area contributed by atoms with Crippen molar-refractivity contribution in [2.75, 3.05) is 13.1 Å². The summed E-state index contributed by atoms with van der Waals surface area (Å²) in [6, 6.07) is 7.35. The largest absolute Gasteiger partial charge is 0.478 e. The molecule has 0 bridgehead atoms. The molecule has 0 unspecified atom stereocenters. The lowest BCUT2D eigenvalue weighted by Crippen LogP contribution is -2.33.